The van der Waals surface area contributed by atoms with Gasteiger partial charge in [-0.25, -0.2) is 4.98 Å². The van der Waals surface area contributed by atoms with Crippen molar-refractivity contribution in [1.29, 1.82) is 0 Å². The van der Waals surface area contributed by atoms with Gasteiger partial charge in [0.2, 0.25) is 0 Å². The molecule has 0 fully saturated rings. The molecule has 21 heavy (non-hydrogen) atoms. The predicted octanol–water partition coefficient (Wildman–Crippen LogP) is 3.79. The van der Waals surface area contributed by atoms with Crippen LogP contribution in [0.15, 0.2) is 42.7 Å². The van der Waals surface area contributed by atoms with Crippen molar-refractivity contribution in [3.05, 3.63) is 58.2 Å². The van der Waals surface area contributed by atoms with E-state index in [2.05, 4.69) is 9.97 Å². The maximum absolute atomic E-state index is 12.6. The van der Waals surface area contributed by atoms with Crippen molar-refractivity contribution >= 4 is 22.2 Å². The van der Waals surface area contributed by atoms with Gasteiger partial charge in [-0.3, -0.25) is 4.98 Å². The first kappa shape index (κ1) is 14.0. The Morgan fingerprint density at radius 1 is 1.10 bits per heavy atom. The van der Waals surface area contributed by atoms with Crippen LogP contribution in [0, 0.1) is 0 Å². The van der Waals surface area contributed by atoms with Gasteiger partial charge >= 0.3 is 6.18 Å². The van der Waals surface area contributed by atoms with Gasteiger partial charge in [0.05, 0.1) is 10.4 Å². The van der Waals surface area contributed by atoms with E-state index in [-0.39, 0.29) is 4.88 Å². The molecule has 1 atom stereocenters. The standard InChI is InChI=1S/C14H9F3N2OS/c15-14(16,17)13-19-7-10(21-13)12(20)9-5-1-3-8-4-2-6-18-11(8)9/h1-7,12,20H. The number of alkyl halides is 3. The van der Waals surface area contributed by atoms with E-state index >= 15 is 0 Å². The Kier molecular flexibility index (Phi) is 3.38. The van der Waals surface area contributed by atoms with Crippen molar-refractivity contribution in [3.8, 4) is 0 Å². The van der Waals surface area contributed by atoms with Crippen molar-refractivity contribution in [1.82, 2.24) is 9.97 Å². The van der Waals surface area contributed by atoms with Crippen LogP contribution in [0.5, 0.6) is 0 Å². The molecule has 0 bridgehead atoms. The van der Waals surface area contributed by atoms with Gasteiger partial charge in [0.25, 0.3) is 0 Å². The van der Waals surface area contributed by atoms with Gasteiger partial charge in [-0.15, -0.1) is 11.3 Å². The molecule has 3 aromatic rings. The molecule has 3 nitrogen and oxygen atoms in total. The van der Waals surface area contributed by atoms with Crippen molar-refractivity contribution in [2.24, 2.45) is 0 Å². The number of benzene rings is 1. The van der Waals surface area contributed by atoms with Crippen molar-refractivity contribution in [3.63, 3.8) is 0 Å². The van der Waals surface area contributed by atoms with Crippen LogP contribution in [0.3, 0.4) is 0 Å². The lowest BCUT2D eigenvalue weighted by Gasteiger charge is -2.11. The van der Waals surface area contributed by atoms with Crippen LogP contribution in [0.2, 0.25) is 0 Å². The molecule has 1 aromatic carbocycles. The minimum absolute atomic E-state index is 0.139. The van der Waals surface area contributed by atoms with Gasteiger partial charge in [-0.05, 0) is 6.07 Å². The molecule has 2 aromatic heterocycles. The minimum atomic E-state index is -4.50. The molecule has 7 heteroatoms. The summed E-state index contributed by atoms with van der Waals surface area (Å²) in [6.07, 6.45) is -3.05. The zero-order valence-electron chi connectivity index (χ0n) is 10.5. The second-order valence-electron chi connectivity index (χ2n) is 4.39. The number of halogens is 3. The first-order chi connectivity index (χ1) is 9.97. The number of rotatable bonds is 2. The number of para-hydroxylation sites is 1. The molecule has 0 spiro atoms. The molecule has 0 radical (unpaired) electrons. The number of pyridine rings is 1. The molecule has 0 aliphatic carbocycles. The molecule has 0 aliphatic heterocycles. The van der Waals surface area contributed by atoms with Gasteiger partial charge in [0.15, 0.2) is 5.01 Å². The second-order valence-corrected chi connectivity index (χ2v) is 5.45. The van der Waals surface area contributed by atoms with E-state index in [4.69, 9.17) is 0 Å². The van der Waals surface area contributed by atoms with Gasteiger partial charge in [0, 0.05) is 23.3 Å². The Balaban J connectivity index is 2.05. The molecule has 108 valence electrons. The molecule has 0 saturated carbocycles. The van der Waals surface area contributed by atoms with E-state index in [1.165, 1.54) is 0 Å². The van der Waals surface area contributed by atoms with Gasteiger partial charge in [-0.2, -0.15) is 13.2 Å². The lowest BCUT2D eigenvalue weighted by molar-refractivity contribution is -0.137. The van der Waals surface area contributed by atoms with Crippen molar-refractivity contribution in [2.45, 2.75) is 12.3 Å². The highest BCUT2D eigenvalue weighted by Crippen LogP contribution is 2.36. The number of aliphatic hydroxyl groups excluding tert-OH is 1. The van der Waals surface area contributed by atoms with Crippen LogP contribution in [0.25, 0.3) is 10.9 Å². The van der Waals surface area contributed by atoms with Crippen LogP contribution in [0.1, 0.15) is 21.6 Å². The first-order valence-corrected chi connectivity index (χ1v) is 6.83. The third-order valence-electron chi connectivity index (χ3n) is 2.99. The van der Waals surface area contributed by atoms with Crippen LogP contribution in [-0.2, 0) is 6.18 Å². The largest absolute Gasteiger partial charge is 0.443 e. The molecular weight excluding hydrogens is 301 g/mol. The topological polar surface area (TPSA) is 46.0 Å². The summed E-state index contributed by atoms with van der Waals surface area (Å²) in [4.78, 5) is 7.65. The summed E-state index contributed by atoms with van der Waals surface area (Å²) in [7, 11) is 0. The predicted molar refractivity (Wildman–Crippen MR) is 72.9 cm³/mol. The Labute approximate surface area is 121 Å². The molecule has 3 rings (SSSR count). The summed E-state index contributed by atoms with van der Waals surface area (Å²) in [5.74, 6) is 0. The number of aliphatic hydroxyl groups is 1. The fourth-order valence-electron chi connectivity index (χ4n) is 2.05. The minimum Gasteiger partial charge on any atom is -0.383 e. The quantitative estimate of drug-likeness (QED) is 0.783. The van der Waals surface area contributed by atoms with E-state index in [0.717, 1.165) is 11.6 Å². The van der Waals surface area contributed by atoms with Gasteiger partial charge < -0.3 is 5.11 Å². The summed E-state index contributed by atoms with van der Waals surface area (Å²) in [5, 5.41) is 10.2. The molecule has 0 aliphatic rings. The van der Waals surface area contributed by atoms with E-state index in [1.54, 1.807) is 24.4 Å². The Bertz CT molecular complexity index is 780. The molecule has 2 heterocycles. The summed E-state index contributed by atoms with van der Waals surface area (Å²) in [6, 6.07) is 8.78. The zero-order valence-corrected chi connectivity index (χ0v) is 11.3. The first-order valence-electron chi connectivity index (χ1n) is 6.01. The van der Waals surface area contributed by atoms with Gasteiger partial charge in [-0.1, -0.05) is 24.3 Å². The summed E-state index contributed by atoms with van der Waals surface area (Å²) in [6.45, 7) is 0. The van der Waals surface area contributed by atoms with Crippen LogP contribution in [-0.4, -0.2) is 15.1 Å². The maximum Gasteiger partial charge on any atom is 0.443 e. The third kappa shape index (κ3) is 2.62. The van der Waals surface area contributed by atoms with Crippen molar-refractivity contribution in [2.75, 3.05) is 0 Å². The maximum atomic E-state index is 12.6. The fraction of sp³-hybridized carbons (Fsp3) is 0.143. The summed E-state index contributed by atoms with van der Waals surface area (Å²) in [5.41, 5.74) is 1.03. The monoisotopic (exact) mass is 310 g/mol. The van der Waals surface area contributed by atoms with Crippen molar-refractivity contribution < 1.29 is 18.3 Å². The second kappa shape index (κ2) is 5.09. The number of hydrogen-bond donors (Lipinski definition) is 1. The number of aromatic nitrogens is 2. The Morgan fingerprint density at radius 2 is 1.86 bits per heavy atom. The Morgan fingerprint density at radius 3 is 2.57 bits per heavy atom. The highest BCUT2D eigenvalue weighted by molar-refractivity contribution is 7.11. The highest BCUT2D eigenvalue weighted by Gasteiger charge is 2.35. The number of hydrogen-bond acceptors (Lipinski definition) is 4. The lowest BCUT2D eigenvalue weighted by atomic mass is 10.0. The van der Waals surface area contributed by atoms with Crippen LogP contribution in [0.4, 0.5) is 13.2 Å². The lowest BCUT2D eigenvalue weighted by Crippen LogP contribution is -2.03. The number of thiazole rings is 1. The van der Waals surface area contributed by atoms with Crippen LogP contribution >= 0.6 is 11.3 Å². The molecule has 0 saturated heterocycles. The Hall–Kier alpha value is -1.99. The highest BCUT2D eigenvalue weighted by atomic mass is 32.1. The fourth-order valence-corrected chi connectivity index (χ4v) is 2.83. The molecule has 0 amide bonds. The number of fused-ring (bicyclic) bond motifs is 1. The van der Waals surface area contributed by atoms with E-state index < -0.39 is 17.3 Å². The third-order valence-corrected chi connectivity index (χ3v) is 4.09. The molecule has 1 N–H and O–H groups in total. The molecular formula is C14H9F3N2OS. The van der Waals surface area contributed by atoms with E-state index in [1.807, 2.05) is 12.1 Å². The SMILES string of the molecule is OC(c1cnc(C(F)(F)F)s1)c1cccc2cccnc12. The normalized spacial score (nSPS) is 13.5. The van der Waals surface area contributed by atoms with Gasteiger partial charge in [0.1, 0.15) is 6.10 Å². The average Bonchev–Trinajstić information content (AvgIpc) is 2.96. The average molecular weight is 310 g/mol. The number of nitrogens with zero attached hydrogens (tertiary/aromatic N) is 2. The van der Waals surface area contributed by atoms with Crippen LogP contribution < -0.4 is 0 Å². The summed E-state index contributed by atoms with van der Waals surface area (Å²) < 4.78 is 37.7. The summed E-state index contributed by atoms with van der Waals surface area (Å²) >= 11 is 0.437. The zero-order chi connectivity index (χ0) is 15.0. The van der Waals surface area contributed by atoms with E-state index in [9.17, 15) is 18.3 Å². The molecule has 1 unspecified atom stereocenters. The smallest absolute Gasteiger partial charge is 0.383 e. The van der Waals surface area contributed by atoms with E-state index in [0.29, 0.717) is 22.4 Å².